The molecule has 2 aromatic heterocycles. The summed E-state index contributed by atoms with van der Waals surface area (Å²) in [7, 11) is 1.78. The molecule has 0 saturated heterocycles. The number of aromatic nitrogens is 3. The zero-order chi connectivity index (χ0) is 14.1. The first kappa shape index (κ1) is 12.5. The summed E-state index contributed by atoms with van der Waals surface area (Å²) in [5, 5.41) is 2.94. The molecule has 2 heterocycles. The summed E-state index contributed by atoms with van der Waals surface area (Å²) in [6, 6.07) is 7.54. The molecule has 3 rings (SSSR count). The van der Waals surface area contributed by atoms with Crippen molar-refractivity contribution in [2.24, 2.45) is 0 Å². The van der Waals surface area contributed by atoms with Gasteiger partial charge >= 0.3 is 0 Å². The third kappa shape index (κ3) is 2.32. The highest BCUT2D eigenvalue weighted by Gasteiger charge is 2.08. The first-order valence-corrected chi connectivity index (χ1v) is 6.13. The first-order chi connectivity index (χ1) is 9.65. The fraction of sp³-hybridized carbons (Fsp3) is 0.143. The second kappa shape index (κ2) is 4.88. The molecule has 0 fully saturated rings. The van der Waals surface area contributed by atoms with Crippen molar-refractivity contribution in [1.82, 2.24) is 15.0 Å². The van der Waals surface area contributed by atoms with Crippen LogP contribution in [0.3, 0.4) is 0 Å². The molecule has 0 spiro atoms. The van der Waals surface area contributed by atoms with Gasteiger partial charge in [-0.15, -0.1) is 0 Å². The fourth-order valence-corrected chi connectivity index (χ4v) is 2.01. The molecule has 4 nitrogen and oxygen atoms in total. The number of imidazole rings is 1. The molecule has 0 amide bonds. The maximum Gasteiger partial charge on any atom is 0.179 e. The molecule has 0 aliphatic carbocycles. The van der Waals surface area contributed by atoms with Crippen LogP contribution in [0.15, 0.2) is 30.3 Å². The lowest BCUT2D eigenvalue weighted by atomic mass is 10.1. The topological polar surface area (TPSA) is 53.6 Å². The van der Waals surface area contributed by atoms with Crippen LogP contribution in [-0.4, -0.2) is 22.0 Å². The third-order valence-electron chi connectivity index (χ3n) is 3.01. The van der Waals surface area contributed by atoms with E-state index in [0.29, 0.717) is 23.5 Å². The van der Waals surface area contributed by atoms with Crippen LogP contribution in [0, 0.1) is 11.6 Å². The van der Waals surface area contributed by atoms with E-state index in [4.69, 9.17) is 0 Å². The number of H-pyrrole nitrogens is 1. The lowest BCUT2D eigenvalue weighted by Gasteiger charge is -1.99. The number of hydrogen-bond donors (Lipinski definition) is 2. The Balaban J connectivity index is 1.92. The molecule has 2 N–H and O–H groups in total. The Morgan fingerprint density at radius 1 is 1.10 bits per heavy atom. The SMILES string of the molecule is CNc1ccc2[nH]c(Cc3ccc(F)c(F)c3)nc2n1. The number of pyridine rings is 1. The maximum atomic E-state index is 13.2. The molecule has 0 bridgehead atoms. The van der Waals surface area contributed by atoms with Crippen LogP contribution in [-0.2, 0) is 6.42 Å². The van der Waals surface area contributed by atoms with Crippen molar-refractivity contribution in [2.75, 3.05) is 12.4 Å². The van der Waals surface area contributed by atoms with Gasteiger partial charge in [0.25, 0.3) is 0 Å². The smallest absolute Gasteiger partial charge is 0.179 e. The van der Waals surface area contributed by atoms with E-state index in [0.717, 1.165) is 17.4 Å². The number of nitrogens with zero attached hydrogens (tertiary/aromatic N) is 2. The van der Waals surface area contributed by atoms with Crippen molar-refractivity contribution in [3.63, 3.8) is 0 Å². The Labute approximate surface area is 113 Å². The van der Waals surface area contributed by atoms with Crippen LogP contribution in [0.25, 0.3) is 11.2 Å². The molecular weight excluding hydrogens is 262 g/mol. The van der Waals surface area contributed by atoms with Crippen LogP contribution in [0.4, 0.5) is 14.6 Å². The zero-order valence-electron chi connectivity index (χ0n) is 10.7. The van der Waals surface area contributed by atoms with Crippen molar-refractivity contribution in [3.05, 3.63) is 53.4 Å². The lowest BCUT2D eigenvalue weighted by Crippen LogP contribution is -1.93. The molecule has 0 atom stereocenters. The van der Waals surface area contributed by atoms with Gasteiger partial charge in [-0.25, -0.2) is 18.7 Å². The Bertz CT molecular complexity index is 767. The van der Waals surface area contributed by atoms with Gasteiger partial charge in [0.2, 0.25) is 0 Å². The molecule has 0 unspecified atom stereocenters. The summed E-state index contributed by atoms with van der Waals surface area (Å²) in [5.41, 5.74) is 2.05. The average molecular weight is 274 g/mol. The van der Waals surface area contributed by atoms with Crippen molar-refractivity contribution >= 4 is 17.0 Å². The van der Waals surface area contributed by atoms with Gasteiger partial charge < -0.3 is 10.3 Å². The molecule has 0 radical (unpaired) electrons. The van der Waals surface area contributed by atoms with Crippen LogP contribution in [0.1, 0.15) is 11.4 Å². The average Bonchev–Trinajstić information content (AvgIpc) is 2.84. The lowest BCUT2D eigenvalue weighted by molar-refractivity contribution is 0.507. The molecule has 3 aromatic rings. The van der Waals surface area contributed by atoms with Gasteiger partial charge in [0, 0.05) is 13.5 Å². The Hall–Kier alpha value is -2.50. The summed E-state index contributed by atoms with van der Waals surface area (Å²) in [6.07, 6.45) is 0.391. The zero-order valence-corrected chi connectivity index (χ0v) is 10.7. The summed E-state index contributed by atoms with van der Waals surface area (Å²) in [5.74, 6) is -0.317. The Morgan fingerprint density at radius 2 is 1.95 bits per heavy atom. The number of anilines is 1. The number of aromatic amines is 1. The number of benzene rings is 1. The van der Waals surface area contributed by atoms with Gasteiger partial charge in [0.05, 0.1) is 5.52 Å². The van der Waals surface area contributed by atoms with Gasteiger partial charge in [-0.05, 0) is 29.8 Å². The maximum absolute atomic E-state index is 13.2. The van der Waals surface area contributed by atoms with E-state index in [2.05, 4.69) is 20.3 Å². The molecular formula is C14H12F2N4. The molecule has 0 saturated carbocycles. The van der Waals surface area contributed by atoms with E-state index in [-0.39, 0.29) is 0 Å². The molecule has 102 valence electrons. The number of fused-ring (bicyclic) bond motifs is 1. The van der Waals surface area contributed by atoms with Crippen LogP contribution in [0.5, 0.6) is 0 Å². The van der Waals surface area contributed by atoms with Crippen LogP contribution >= 0.6 is 0 Å². The normalized spacial score (nSPS) is 10.9. The van der Waals surface area contributed by atoms with Crippen molar-refractivity contribution in [2.45, 2.75) is 6.42 Å². The van der Waals surface area contributed by atoms with E-state index in [1.54, 1.807) is 7.05 Å². The van der Waals surface area contributed by atoms with Gasteiger partial charge in [0.1, 0.15) is 11.6 Å². The highest BCUT2D eigenvalue weighted by Crippen LogP contribution is 2.16. The molecule has 0 aliphatic heterocycles. The van der Waals surface area contributed by atoms with E-state index < -0.39 is 11.6 Å². The summed E-state index contributed by atoms with van der Waals surface area (Å²) in [4.78, 5) is 11.8. The summed E-state index contributed by atoms with van der Waals surface area (Å²) < 4.78 is 26.0. The standard InChI is InChI=1S/C14H12F2N4/c1-17-12-5-4-11-14(19-12)20-13(18-11)7-8-2-3-9(15)10(16)6-8/h2-6H,7H2,1H3,(H2,17,18,19,20). The number of nitrogens with one attached hydrogen (secondary N) is 2. The van der Waals surface area contributed by atoms with Crippen molar-refractivity contribution < 1.29 is 8.78 Å². The predicted octanol–water partition coefficient (Wildman–Crippen LogP) is 2.87. The second-order valence-electron chi connectivity index (χ2n) is 4.43. The molecule has 0 aliphatic rings. The van der Waals surface area contributed by atoms with Crippen molar-refractivity contribution in [3.8, 4) is 0 Å². The summed E-state index contributed by atoms with van der Waals surface area (Å²) in [6.45, 7) is 0. The van der Waals surface area contributed by atoms with E-state index in [1.165, 1.54) is 12.1 Å². The monoisotopic (exact) mass is 274 g/mol. The highest BCUT2D eigenvalue weighted by molar-refractivity contribution is 5.72. The third-order valence-corrected chi connectivity index (χ3v) is 3.01. The predicted molar refractivity (Wildman–Crippen MR) is 72.6 cm³/mol. The second-order valence-corrected chi connectivity index (χ2v) is 4.43. The van der Waals surface area contributed by atoms with E-state index in [1.807, 2.05) is 12.1 Å². The molecule has 20 heavy (non-hydrogen) atoms. The van der Waals surface area contributed by atoms with E-state index >= 15 is 0 Å². The highest BCUT2D eigenvalue weighted by atomic mass is 19.2. The number of halogens is 2. The minimum absolute atomic E-state index is 0.391. The van der Waals surface area contributed by atoms with Crippen LogP contribution < -0.4 is 5.32 Å². The fourth-order valence-electron chi connectivity index (χ4n) is 2.01. The van der Waals surface area contributed by atoms with Gasteiger partial charge in [0.15, 0.2) is 17.3 Å². The summed E-state index contributed by atoms with van der Waals surface area (Å²) >= 11 is 0. The minimum atomic E-state index is -0.853. The number of hydrogen-bond acceptors (Lipinski definition) is 3. The van der Waals surface area contributed by atoms with E-state index in [9.17, 15) is 8.78 Å². The van der Waals surface area contributed by atoms with Crippen LogP contribution in [0.2, 0.25) is 0 Å². The Kier molecular flexibility index (Phi) is 3.06. The molecule has 6 heteroatoms. The largest absolute Gasteiger partial charge is 0.373 e. The van der Waals surface area contributed by atoms with Crippen molar-refractivity contribution in [1.29, 1.82) is 0 Å². The Morgan fingerprint density at radius 3 is 2.70 bits per heavy atom. The quantitative estimate of drug-likeness (QED) is 0.772. The van der Waals surface area contributed by atoms with Gasteiger partial charge in [-0.2, -0.15) is 0 Å². The van der Waals surface area contributed by atoms with Gasteiger partial charge in [-0.1, -0.05) is 6.07 Å². The minimum Gasteiger partial charge on any atom is -0.373 e. The first-order valence-electron chi connectivity index (χ1n) is 6.13. The number of rotatable bonds is 3. The van der Waals surface area contributed by atoms with Gasteiger partial charge in [-0.3, -0.25) is 0 Å². The molecule has 1 aromatic carbocycles.